The number of likely N-dealkylation sites (tertiary alicyclic amines) is 1. The first-order valence-corrected chi connectivity index (χ1v) is 7.35. The number of hydrogen-bond donors (Lipinski definition) is 1. The molecule has 1 aromatic heterocycles. The van der Waals surface area contributed by atoms with Crippen molar-refractivity contribution in [2.24, 2.45) is 0 Å². The normalized spacial score (nSPS) is 15.8. The van der Waals surface area contributed by atoms with E-state index in [1.807, 2.05) is 20.9 Å². The molecule has 0 saturated carbocycles. The van der Waals surface area contributed by atoms with Gasteiger partial charge in [0.2, 0.25) is 0 Å². The lowest BCUT2D eigenvalue weighted by atomic mass is 10.2. The Labute approximate surface area is 120 Å². The van der Waals surface area contributed by atoms with Gasteiger partial charge in [0.1, 0.15) is 5.69 Å². The van der Waals surface area contributed by atoms with Crippen LogP contribution in [0.1, 0.15) is 35.9 Å². The molecular weight excluding hydrogens is 254 g/mol. The highest BCUT2D eigenvalue weighted by Crippen LogP contribution is 2.18. The Hall–Kier alpha value is -1.56. The first-order valence-electron chi connectivity index (χ1n) is 7.35. The third-order valence-electron chi connectivity index (χ3n) is 3.97. The van der Waals surface area contributed by atoms with Crippen LogP contribution in [-0.4, -0.2) is 58.7 Å². The number of anilines is 1. The third-order valence-corrected chi connectivity index (χ3v) is 3.97. The molecule has 2 heterocycles. The summed E-state index contributed by atoms with van der Waals surface area (Å²) in [5, 5.41) is 4.30. The van der Waals surface area contributed by atoms with Crippen molar-refractivity contribution in [1.29, 1.82) is 0 Å². The van der Waals surface area contributed by atoms with Gasteiger partial charge in [0.05, 0.1) is 11.4 Å². The molecule has 112 valence electrons. The van der Waals surface area contributed by atoms with Crippen LogP contribution in [0.3, 0.4) is 0 Å². The number of aryl methyl sites for hydroxylation is 2. The fraction of sp³-hybridized carbons (Fsp3) is 0.714. The van der Waals surface area contributed by atoms with Gasteiger partial charge in [-0.25, -0.2) is 0 Å². The van der Waals surface area contributed by atoms with Gasteiger partial charge in [-0.15, -0.1) is 0 Å². The van der Waals surface area contributed by atoms with E-state index in [0.717, 1.165) is 31.9 Å². The maximum absolute atomic E-state index is 12.5. The second-order valence-electron chi connectivity index (χ2n) is 5.44. The van der Waals surface area contributed by atoms with Crippen LogP contribution in [0.4, 0.5) is 5.69 Å². The van der Waals surface area contributed by atoms with Crippen molar-refractivity contribution in [2.45, 2.75) is 33.2 Å². The Morgan fingerprint density at radius 3 is 2.65 bits per heavy atom. The molecule has 1 amide bonds. The zero-order chi connectivity index (χ0) is 14.7. The minimum atomic E-state index is -0.0378. The smallest absolute Gasteiger partial charge is 0.274 e. The van der Waals surface area contributed by atoms with E-state index in [1.165, 1.54) is 12.8 Å². The van der Waals surface area contributed by atoms with Crippen LogP contribution in [0.5, 0.6) is 0 Å². The number of carbonyl (C=O) groups is 1. The fourth-order valence-corrected chi connectivity index (χ4v) is 2.63. The number of nitrogens with two attached hydrogens (primary N) is 1. The lowest BCUT2D eigenvalue weighted by Gasteiger charge is -2.22. The van der Waals surface area contributed by atoms with E-state index < -0.39 is 0 Å². The van der Waals surface area contributed by atoms with Crippen LogP contribution in [0.2, 0.25) is 0 Å². The number of nitrogens with zero attached hydrogens (tertiary/aromatic N) is 4. The van der Waals surface area contributed by atoms with E-state index in [9.17, 15) is 4.79 Å². The second kappa shape index (κ2) is 6.26. The molecule has 2 N–H and O–H groups in total. The van der Waals surface area contributed by atoms with Crippen molar-refractivity contribution in [2.75, 3.05) is 39.0 Å². The molecule has 0 aromatic carbocycles. The van der Waals surface area contributed by atoms with Crippen molar-refractivity contribution in [3.05, 3.63) is 11.4 Å². The summed E-state index contributed by atoms with van der Waals surface area (Å²) in [7, 11) is 1.83. The molecular formula is C14H25N5O. The van der Waals surface area contributed by atoms with Crippen LogP contribution in [0.15, 0.2) is 0 Å². The van der Waals surface area contributed by atoms with E-state index in [1.54, 1.807) is 9.58 Å². The summed E-state index contributed by atoms with van der Waals surface area (Å²) < 4.78 is 1.69. The molecule has 1 aliphatic heterocycles. The molecule has 0 aliphatic carbocycles. The molecule has 1 aromatic rings. The lowest BCUT2D eigenvalue weighted by molar-refractivity contribution is 0.0771. The van der Waals surface area contributed by atoms with Crippen LogP contribution in [-0.2, 0) is 6.54 Å². The van der Waals surface area contributed by atoms with Crippen molar-refractivity contribution in [3.63, 3.8) is 0 Å². The Balaban J connectivity index is 2.02. The average molecular weight is 279 g/mol. The van der Waals surface area contributed by atoms with Crippen LogP contribution >= 0.6 is 0 Å². The number of amides is 1. The van der Waals surface area contributed by atoms with E-state index in [2.05, 4.69) is 10.00 Å². The van der Waals surface area contributed by atoms with E-state index >= 15 is 0 Å². The minimum absolute atomic E-state index is 0.0378. The van der Waals surface area contributed by atoms with Crippen molar-refractivity contribution < 1.29 is 4.79 Å². The number of nitrogen functional groups attached to an aromatic ring is 1. The predicted molar refractivity (Wildman–Crippen MR) is 79.7 cm³/mol. The number of aromatic nitrogens is 2. The molecule has 0 spiro atoms. The zero-order valence-electron chi connectivity index (χ0n) is 12.7. The SMILES string of the molecule is CCn1nc(C)c(N)c1C(=O)N(C)CCN1CCCC1. The molecule has 1 fully saturated rings. The molecule has 2 rings (SSSR count). The number of carbonyl (C=O) groups excluding carboxylic acids is 1. The molecule has 0 unspecified atom stereocenters. The highest BCUT2D eigenvalue weighted by atomic mass is 16.2. The summed E-state index contributed by atoms with van der Waals surface area (Å²) in [6, 6.07) is 0. The van der Waals surface area contributed by atoms with Gasteiger partial charge in [0, 0.05) is 26.7 Å². The van der Waals surface area contributed by atoms with Gasteiger partial charge in [-0.3, -0.25) is 9.48 Å². The molecule has 6 nitrogen and oxygen atoms in total. The van der Waals surface area contributed by atoms with Gasteiger partial charge in [-0.1, -0.05) is 0 Å². The summed E-state index contributed by atoms with van der Waals surface area (Å²) >= 11 is 0. The fourth-order valence-electron chi connectivity index (χ4n) is 2.63. The third kappa shape index (κ3) is 2.95. The number of hydrogen-bond acceptors (Lipinski definition) is 4. The van der Waals surface area contributed by atoms with Gasteiger partial charge in [-0.05, 0) is 39.8 Å². The Morgan fingerprint density at radius 1 is 1.40 bits per heavy atom. The Morgan fingerprint density at radius 2 is 2.05 bits per heavy atom. The largest absolute Gasteiger partial charge is 0.395 e. The molecule has 1 saturated heterocycles. The summed E-state index contributed by atoms with van der Waals surface area (Å²) in [5.41, 5.74) is 7.75. The van der Waals surface area contributed by atoms with Crippen LogP contribution < -0.4 is 5.73 Å². The maximum Gasteiger partial charge on any atom is 0.274 e. The van der Waals surface area contributed by atoms with E-state index in [-0.39, 0.29) is 5.91 Å². The molecule has 20 heavy (non-hydrogen) atoms. The van der Waals surface area contributed by atoms with Gasteiger partial charge in [0.15, 0.2) is 0 Å². The topological polar surface area (TPSA) is 67.4 Å². The number of likely N-dealkylation sites (N-methyl/N-ethyl adjacent to an activating group) is 1. The van der Waals surface area contributed by atoms with Gasteiger partial charge in [0.25, 0.3) is 5.91 Å². The monoisotopic (exact) mass is 279 g/mol. The molecule has 0 atom stereocenters. The van der Waals surface area contributed by atoms with Crippen molar-refractivity contribution in [1.82, 2.24) is 19.6 Å². The van der Waals surface area contributed by atoms with Gasteiger partial charge < -0.3 is 15.5 Å². The summed E-state index contributed by atoms with van der Waals surface area (Å²) in [5.74, 6) is -0.0378. The molecule has 0 bridgehead atoms. The van der Waals surface area contributed by atoms with E-state index in [0.29, 0.717) is 17.9 Å². The summed E-state index contributed by atoms with van der Waals surface area (Å²) in [4.78, 5) is 16.7. The standard InChI is InChI=1S/C14H25N5O/c1-4-19-13(12(15)11(2)16-19)14(20)17(3)9-10-18-7-5-6-8-18/h4-10,15H2,1-3H3. The summed E-state index contributed by atoms with van der Waals surface area (Å²) in [6.45, 7) is 8.41. The maximum atomic E-state index is 12.5. The first kappa shape index (κ1) is 14.8. The Bertz CT molecular complexity index is 476. The highest BCUT2D eigenvalue weighted by Gasteiger charge is 2.22. The quantitative estimate of drug-likeness (QED) is 0.872. The van der Waals surface area contributed by atoms with Crippen molar-refractivity contribution >= 4 is 11.6 Å². The predicted octanol–water partition coefficient (Wildman–Crippen LogP) is 0.961. The zero-order valence-corrected chi connectivity index (χ0v) is 12.7. The second-order valence-corrected chi connectivity index (χ2v) is 5.44. The molecule has 0 radical (unpaired) electrons. The van der Waals surface area contributed by atoms with E-state index in [4.69, 9.17) is 5.73 Å². The van der Waals surface area contributed by atoms with Crippen molar-refractivity contribution in [3.8, 4) is 0 Å². The highest BCUT2D eigenvalue weighted by molar-refractivity contribution is 5.97. The van der Waals surface area contributed by atoms with Gasteiger partial charge in [-0.2, -0.15) is 5.10 Å². The minimum Gasteiger partial charge on any atom is -0.395 e. The summed E-state index contributed by atoms with van der Waals surface area (Å²) in [6.07, 6.45) is 2.54. The lowest BCUT2D eigenvalue weighted by Crippen LogP contribution is -2.36. The van der Waals surface area contributed by atoms with Gasteiger partial charge >= 0.3 is 0 Å². The average Bonchev–Trinajstić information content (AvgIpc) is 3.04. The number of rotatable bonds is 5. The molecule has 6 heteroatoms. The first-order chi connectivity index (χ1) is 9.54. The molecule has 1 aliphatic rings. The Kier molecular flexibility index (Phi) is 4.65. The van der Waals surface area contributed by atoms with Crippen LogP contribution in [0.25, 0.3) is 0 Å². The van der Waals surface area contributed by atoms with Crippen LogP contribution in [0, 0.1) is 6.92 Å².